The maximum atomic E-state index is 12.8. The Morgan fingerprint density at radius 2 is 1.90 bits per heavy atom. The van der Waals surface area contributed by atoms with Gasteiger partial charge in [0.15, 0.2) is 16.7 Å². The number of carbonyl (C=O) groups excluding carboxylic acids is 1. The molecule has 0 bridgehead atoms. The summed E-state index contributed by atoms with van der Waals surface area (Å²) in [4.78, 5) is 19.2. The highest BCUT2D eigenvalue weighted by Crippen LogP contribution is 2.31. The van der Waals surface area contributed by atoms with Crippen molar-refractivity contribution in [1.29, 1.82) is 0 Å². The smallest absolute Gasteiger partial charge is 0.233 e. The van der Waals surface area contributed by atoms with E-state index in [0.29, 0.717) is 32.1 Å². The lowest BCUT2D eigenvalue weighted by Gasteiger charge is -2.23. The van der Waals surface area contributed by atoms with Crippen LogP contribution >= 0.6 is 11.8 Å². The number of carbonyl (C=O) groups is 1. The number of rotatable bonds is 7. The summed E-state index contributed by atoms with van der Waals surface area (Å²) in [5, 5.41) is 0.831. The minimum absolute atomic E-state index is 0.0849. The van der Waals surface area contributed by atoms with Crippen molar-refractivity contribution < 1.29 is 14.3 Å². The molecule has 0 saturated carbocycles. The molecule has 1 aliphatic heterocycles. The molecule has 0 atom stereocenters. The van der Waals surface area contributed by atoms with Gasteiger partial charge < -0.3 is 18.9 Å². The minimum atomic E-state index is 0.0849. The van der Waals surface area contributed by atoms with Crippen molar-refractivity contribution in [2.75, 3.05) is 25.5 Å². The van der Waals surface area contributed by atoms with Crippen molar-refractivity contribution in [3.63, 3.8) is 0 Å². The lowest BCUT2D eigenvalue weighted by Crippen LogP contribution is -2.31. The monoisotopic (exact) mass is 423 g/mol. The molecule has 6 nitrogen and oxygen atoms in total. The van der Waals surface area contributed by atoms with Gasteiger partial charge in [-0.3, -0.25) is 4.79 Å². The summed E-state index contributed by atoms with van der Waals surface area (Å²) in [6, 6.07) is 16.0. The topological polar surface area (TPSA) is 56.6 Å². The van der Waals surface area contributed by atoms with Crippen LogP contribution in [0.3, 0.4) is 0 Å². The summed E-state index contributed by atoms with van der Waals surface area (Å²) >= 11 is 1.46. The Morgan fingerprint density at radius 1 is 1.13 bits per heavy atom. The van der Waals surface area contributed by atoms with E-state index >= 15 is 0 Å². The summed E-state index contributed by atoms with van der Waals surface area (Å²) in [6.45, 7) is 4.31. The fourth-order valence-corrected chi connectivity index (χ4v) is 4.26. The van der Waals surface area contributed by atoms with Crippen LogP contribution in [0, 0.1) is 0 Å². The normalized spacial score (nSPS) is 12.6. The predicted molar refractivity (Wildman–Crippen MR) is 118 cm³/mol. The van der Waals surface area contributed by atoms with Gasteiger partial charge in [-0.05, 0) is 30.2 Å². The van der Waals surface area contributed by atoms with E-state index < -0.39 is 0 Å². The lowest BCUT2D eigenvalue weighted by molar-refractivity contribution is -0.128. The maximum absolute atomic E-state index is 12.8. The first-order valence-electron chi connectivity index (χ1n) is 10.0. The highest BCUT2D eigenvalue weighted by Gasteiger charge is 2.17. The third-order valence-electron chi connectivity index (χ3n) is 5.05. The largest absolute Gasteiger partial charge is 0.486 e. The molecule has 0 aliphatic carbocycles. The molecule has 1 aliphatic rings. The fourth-order valence-electron chi connectivity index (χ4n) is 3.40. The van der Waals surface area contributed by atoms with E-state index in [1.165, 1.54) is 11.8 Å². The van der Waals surface area contributed by atoms with Gasteiger partial charge in [0.1, 0.15) is 13.2 Å². The second kappa shape index (κ2) is 9.26. The van der Waals surface area contributed by atoms with Crippen molar-refractivity contribution in [2.24, 2.45) is 7.05 Å². The van der Waals surface area contributed by atoms with E-state index in [1.54, 1.807) is 0 Å². The van der Waals surface area contributed by atoms with E-state index in [0.717, 1.165) is 33.5 Å². The van der Waals surface area contributed by atoms with Gasteiger partial charge in [0.25, 0.3) is 0 Å². The van der Waals surface area contributed by atoms with Crippen LogP contribution < -0.4 is 9.47 Å². The van der Waals surface area contributed by atoms with Gasteiger partial charge >= 0.3 is 0 Å². The van der Waals surface area contributed by atoms with E-state index in [-0.39, 0.29) is 5.91 Å². The number of aromatic nitrogens is 2. The zero-order valence-corrected chi connectivity index (χ0v) is 18.0. The SMILES string of the molecule is CCN(Cc1ccc2c(c1)OCCO2)C(=O)CSc1ncc(-c2ccccc2)n1C. The molecule has 2 heterocycles. The van der Waals surface area contributed by atoms with Crippen molar-refractivity contribution in [1.82, 2.24) is 14.5 Å². The van der Waals surface area contributed by atoms with Crippen LogP contribution in [0.1, 0.15) is 12.5 Å². The number of nitrogens with zero attached hydrogens (tertiary/aromatic N) is 3. The second-order valence-corrected chi connectivity index (χ2v) is 7.97. The molecule has 0 saturated heterocycles. The average molecular weight is 424 g/mol. The van der Waals surface area contributed by atoms with Crippen molar-refractivity contribution >= 4 is 17.7 Å². The van der Waals surface area contributed by atoms with Crippen molar-refractivity contribution in [3.8, 4) is 22.8 Å². The molecule has 7 heteroatoms. The number of hydrogen-bond donors (Lipinski definition) is 0. The van der Waals surface area contributed by atoms with Crippen molar-refractivity contribution in [3.05, 3.63) is 60.3 Å². The summed E-state index contributed by atoms with van der Waals surface area (Å²) < 4.78 is 13.3. The Morgan fingerprint density at radius 3 is 2.67 bits per heavy atom. The maximum Gasteiger partial charge on any atom is 0.233 e. The van der Waals surface area contributed by atoms with E-state index in [2.05, 4.69) is 17.1 Å². The Hall–Kier alpha value is -2.93. The highest BCUT2D eigenvalue weighted by molar-refractivity contribution is 7.99. The van der Waals surface area contributed by atoms with Gasteiger partial charge in [-0.1, -0.05) is 48.2 Å². The molecule has 156 valence electrons. The summed E-state index contributed by atoms with van der Waals surface area (Å²) in [6.07, 6.45) is 1.86. The first kappa shape index (κ1) is 20.3. The number of thioether (sulfide) groups is 1. The van der Waals surface area contributed by atoms with Crippen LogP contribution in [-0.4, -0.2) is 45.9 Å². The zero-order valence-electron chi connectivity index (χ0n) is 17.2. The van der Waals surface area contributed by atoms with Gasteiger partial charge in [0.2, 0.25) is 5.91 Å². The van der Waals surface area contributed by atoms with E-state index in [4.69, 9.17) is 9.47 Å². The Labute approximate surface area is 180 Å². The molecule has 1 amide bonds. The first-order chi connectivity index (χ1) is 14.7. The quantitative estimate of drug-likeness (QED) is 0.538. The van der Waals surface area contributed by atoms with Crippen LogP contribution in [0.15, 0.2) is 59.9 Å². The summed E-state index contributed by atoms with van der Waals surface area (Å²) in [7, 11) is 1.98. The zero-order chi connectivity index (χ0) is 20.9. The number of ether oxygens (including phenoxy) is 2. The Kier molecular flexibility index (Phi) is 6.28. The van der Waals surface area contributed by atoms with Crippen LogP contribution in [-0.2, 0) is 18.4 Å². The molecule has 0 unspecified atom stereocenters. The molecule has 0 fully saturated rings. The summed E-state index contributed by atoms with van der Waals surface area (Å²) in [5.41, 5.74) is 3.18. The Balaban J connectivity index is 1.39. The molecule has 0 radical (unpaired) electrons. The number of imidazole rings is 1. The van der Waals surface area contributed by atoms with E-state index in [1.807, 2.05) is 66.0 Å². The van der Waals surface area contributed by atoms with Crippen LogP contribution in [0.25, 0.3) is 11.3 Å². The molecule has 4 rings (SSSR count). The van der Waals surface area contributed by atoms with E-state index in [9.17, 15) is 4.79 Å². The molecule has 0 N–H and O–H groups in total. The average Bonchev–Trinajstić information content (AvgIpc) is 3.16. The fraction of sp³-hybridized carbons (Fsp3) is 0.304. The van der Waals surface area contributed by atoms with Gasteiger partial charge in [0.05, 0.1) is 17.6 Å². The van der Waals surface area contributed by atoms with Crippen LogP contribution in [0.2, 0.25) is 0 Å². The standard InChI is InChI=1S/C23H25N3O3S/c1-3-26(15-17-9-10-20-21(13-17)29-12-11-28-20)22(27)16-30-23-24-14-19(25(23)2)18-7-5-4-6-8-18/h4-10,13-14H,3,11-12,15-16H2,1-2H3. The van der Waals surface area contributed by atoms with Crippen molar-refractivity contribution in [2.45, 2.75) is 18.6 Å². The molecular formula is C23H25N3O3S. The van der Waals surface area contributed by atoms with Gasteiger partial charge in [-0.15, -0.1) is 0 Å². The molecule has 3 aromatic rings. The van der Waals surface area contributed by atoms with Crippen LogP contribution in [0.5, 0.6) is 11.5 Å². The highest BCUT2D eigenvalue weighted by atomic mass is 32.2. The third kappa shape index (κ3) is 4.46. The molecule has 2 aromatic carbocycles. The lowest BCUT2D eigenvalue weighted by atomic mass is 10.2. The molecule has 0 spiro atoms. The number of fused-ring (bicyclic) bond motifs is 1. The number of benzene rings is 2. The molecule has 1 aromatic heterocycles. The Bertz CT molecular complexity index is 1020. The van der Waals surface area contributed by atoms with Crippen LogP contribution in [0.4, 0.5) is 0 Å². The molecular weight excluding hydrogens is 398 g/mol. The van der Waals surface area contributed by atoms with Gasteiger partial charge in [0, 0.05) is 20.1 Å². The predicted octanol–water partition coefficient (Wildman–Crippen LogP) is 4.00. The number of hydrogen-bond acceptors (Lipinski definition) is 5. The van der Waals surface area contributed by atoms with Gasteiger partial charge in [-0.25, -0.2) is 4.98 Å². The van der Waals surface area contributed by atoms with Gasteiger partial charge in [-0.2, -0.15) is 0 Å². The third-order valence-corrected chi connectivity index (χ3v) is 6.08. The second-order valence-electron chi connectivity index (χ2n) is 7.03. The molecule has 30 heavy (non-hydrogen) atoms. The summed E-state index contributed by atoms with van der Waals surface area (Å²) in [5.74, 6) is 1.94. The first-order valence-corrected chi connectivity index (χ1v) is 11.0. The number of amides is 1. The minimum Gasteiger partial charge on any atom is -0.486 e.